The van der Waals surface area contributed by atoms with Crippen molar-refractivity contribution in [2.75, 3.05) is 13.2 Å². The molecule has 0 rings (SSSR count). The van der Waals surface area contributed by atoms with E-state index in [1.165, 1.54) is 0 Å². The average Bonchev–Trinajstić information content (AvgIpc) is 1.94. The first-order chi connectivity index (χ1) is 6.10. The highest BCUT2D eigenvalue weighted by atomic mass is 19.4. The third-order valence-electron chi connectivity index (χ3n) is 0.800. The van der Waals surface area contributed by atoms with Crippen molar-refractivity contribution in [2.24, 2.45) is 0 Å². The van der Waals surface area contributed by atoms with Crippen LogP contribution < -0.4 is 5.32 Å². The van der Waals surface area contributed by atoms with Crippen molar-refractivity contribution in [3.63, 3.8) is 0 Å². The molecule has 0 fully saturated rings. The summed E-state index contributed by atoms with van der Waals surface area (Å²) < 4.78 is 71.7. The van der Waals surface area contributed by atoms with Gasteiger partial charge in [0.2, 0.25) is 0 Å². The molecule has 14 heavy (non-hydrogen) atoms. The minimum atomic E-state index is -4.75. The zero-order valence-corrected chi connectivity index (χ0v) is 6.50. The Morgan fingerprint density at radius 1 is 1.07 bits per heavy atom. The van der Waals surface area contributed by atoms with Gasteiger partial charge in [-0.1, -0.05) is 0 Å². The molecule has 0 saturated heterocycles. The summed E-state index contributed by atoms with van der Waals surface area (Å²) in [6.45, 7) is -3.65. The van der Waals surface area contributed by atoms with Crippen LogP contribution in [0.2, 0.25) is 0 Å². The van der Waals surface area contributed by atoms with Crippen LogP contribution in [0.4, 0.5) is 31.1 Å². The highest BCUT2D eigenvalue weighted by Crippen LogP contribution is 2.15. The standard InChI is InChI=1S/C5H5F6NO2/c6-4(7,8)1-12-3(13)14-2-5(9,10)11/h1-2H2,(H,12,13). The van der Waals surface area contributed by atoms with Crippen LogP contribution in [0.25, 0.3) is 0 Å². The van der Waals surface area contributed by atoms with E-state index in [1.54, 1.807) is 0 Å². The molecule has 0 aromatic carbocycles. The van der Waals surface area contributed by atoms with E-state index in [-0.39, 0.29) is 0 Å². The van der Waals surface area contributed by atoms with Gasteiger partial charge in [0, 0.05) is 0 Å². The van der Waals surface area contributed by atoms with Gasteiger partial charge in [0.25, 0.3) is 0 Å². The smallest absolute Gasteiger partial charge is 0.422 e. The molecule has 0 saturated carbocycles. The summed E-state index contributed by atoms with van der Waals surface area (Å²) in [6, 6.07) is 0. The van der Waals surface area contributed by atoms with Gasteiger partial charge in [0.05, 0.1) is 0 Å². The number of hydrogen-bond donors (Lipinski definition) is 1. The number of nitrogens with one attached hydrogen (secondary N) is 1. The van der Waals surface area contributed by atoms with Gasteiger partial charge in [-0.2, -0.15) is 26.3 Å². The predicted octanol–water partition coefficient (Wildman–Crippen LogP) is 1.84. The SMILES string of the molecule is O=C(NCC(F)(F)F)OCC(F)(F)F. The number of ether oxygens (including phenoxy) is 1. The van der Waals surface area contributed by atoms with Crippen molar-refractivity contribution in [1.82, 2.24) is 5.32 Å². The molecule has 0 aromatic heterocycles. The molecule has 3 nitrogen and oxygen atoms in total. The van der Waals surface area contributed by atoms with Crippen molar-refractivity contribution in [2.45, 2.75) is 12.4 Å². The van der Waals surface area contributed by atoms with Gasteiger partial charge in [-0.15, -0.1) is 0 Å². The van der Waals surface area contributed by atoms with E-state index >= 15 is 0 Å². The molecular weight excluding hydrogens is 220 g/mol. The number of alkyl carbamates (subject to hydrolysis) is 1. The van der Waals surface area contributed by atoms with E-state index in [1.807, 2.05) is 0 Å². The van der Waals surface area contributed by atoms with Crippen molar-refractivity contribution >= 4 is 6.09 Å². The van der Waals surface area contributed by atoms with Crippen LogP contribution >= 0.6 is 0 Å². The number of halogens is 6. The molecule has 0 unspecified atom stereocenters. The molecule has 0 radical (unpaired) electrons. The fourth-order valence-electron chi connectivity index (χ4n) is 0.371. The molecule has 0 aliphatic carbocycles. The Bertz CT molecular complexity index is 177. The number of alkyl halides is 6. The van der Waals surface area contributed by atoms with Crippen molar-refractivity contribution < 1.29 is 35.9 Å². The summed E-state index contributed by atoms with van der Waals surface area (Å²) in [5.74, 6) is 0. The lowest BCUT2D eigenvalue weighted by molar-refractivity contribution is -0.161. The first-order valence-corrected chi connectivity index (χ1v) is 3.14. The highest BCUT2D eigenvalue weighted by molar-refractivity contribution is 5.67. The quantitative estimate of drug-likeness (QED) is 0.728. The third-order valence-corrected chi connectivity index (χ3v) is 0.800. The molecule has 0 aliphatic heterocycles. The van der Waals surface area contributed by atoms with Crippen LogP contribution in [0.15, 0.2) is 0 Å². The zero-order chi connectivity index (χ0) is 11.4. The maximum Gasteiger partial charge on any atom is 0.422 e. The minimum absolute atomic E-state index is 1.11. The summed E-state index contributed by atoms with van der Waals surface area (Å²) in [5, 5.41) is 1.11. The molecule has 0 spiro atoms. The average molecular weight is 225 g/mol. The molecule has 1 amide bonds. The maximum atomic E-state index is 11.4. The van der Waals surface area contributed by atoms with Crippen molar-refractivity contribution in [1.29, 1.82) is 0 Å². The molecule has 0 aromatic rings. The molecule has 84 valence electrons. The summed E-state index contributed by atoms with van der Waals surface area (Å²) in [5.41, 5.74) is 0. The van der Waals surface area contributed by atoms with Crippen LogP contribution in [0, 0.1) is 0 Å². The van der Waals surface area contributed by atoms with Crippen LogP contribution in [-0.4, -0.2) is 31.6 Å². The molecule has 0 aliphatic rings. The van der Waals surface area contributed by atoms with E-state index in [0.29, 0.717) is 0 Å². The summed E-state index contributed by atoms with van der Waals surface area (Å²) in [7, 11) is 0. The van der Waals surface area contributed by atoms with Gasteiger partial charge in [0.1, 0.15) is 6.54 Å². The Labute approximate surface area is 74.0 Å². The molecular formula is C5H5F6NO2. The highest BCUT2D eigenvalue weighted by Gasteiger charge is 2.31. The number of hydrogen-bond acceptors (Lipinski definition) is 2. The Morgan fingerprint density at radius 3 is 1.93 bits per heavy atom. The van der Waals surface area contributed by atoms with Crippen LogP contribution in [0.5, 0.6) is 0 Å². The first-order valence-electron chi connectivity index (χ1n) is 3.14. The maximum absolute atomic E-state index is 11.4. The molecule has 0 heterocycles. The van der Waals surface area contributed by atoms with Gasteiger partial charge in [-0.3, -0.25) is 0 Å². The second-order valence-electron chi connectivity index (χ2n) is 2.16. The topological polar surface area (TPSA) is 38.3 Å². The number of rotatable bonds is 2. The zero-order valence-electron chi connectivity index (χ0n) is 6.50. The van der Waals surface area contributed by atoms with E-state index in [4.69, 9.17) is 0 Å². The lowest BCUT2D eigenvalue weighted by atomic mass is 10.6. The Morgan fingerprint density at radius 2 is 1.57 bits per heavy atom. The molecule has 1 N–H and O–H groups in total. The van der Waals surface area contributed by atoms with Gasteiger partial charge >= 0.3 is 18.4 Å². The van der Waals surface area contributed by atoms with E-state index in [2.05, 4.69) is 4.74 Å². The first kappa shape index (κ1) is 12.8. The van der Waals surface area contributed by atoms with Gasteiger partial charge in [-0.25, -0.2) is 4.79 Å². The minimum Gasteiger partial charge on any atom is -0.440 e. The molecule has 0 bridgehead atoms. The second-order valence-corrected chi connectivity index (χ2v) is 2.16. The van der Waals surface area contributed by atoms with Gasteiger partial charge < -0.3 is 10.1 Å². The Kier molecular flexibility index (Phi) is 4.02. The van der Waals surface area contributed by atoms with E-state index in [9.17, 15) is 31.1 Å². The summed E-state index contributed by atoms with van der Waals surface area (Å²) >= 11 is 0. The fraction of sp³-hybridized carbons (Fsp3) is 0.800. The molecule has 9 heteroatoms. The van der Waals surface area contributed by atoms with E-state index in [0.717, 1.165) is 5.32 Å². The van der Waals surface area contributed by atoms with Crippen LogP contribution in [-0.2, 0) is 4.74 Å². The van der Waals surface area contributed by atoms with Crippen LogP contribution in [0.3, 0.4) is 0 Å². The third kappa shape index (κ3) is 8.94. The number of amides is 1. The molecule has 0 atom stereocenters. The van der Waals surface area contributed by atoms with Crippen molar-refractivity contribution in [3.05, 3.63) is 0 Å². The van der Waals surface area contributed by atoms with Gasteiger partial charge in [0.15, 0.2) is 6.61 Å². The Balaban J connectivity index is 3.68. The second kappa shape index (κ2) is 4.38. The predicted molar refractivity (Wildman–Crippen MR) is 31.5 cm³/mol. The monoisotopic (exact) mass is 225 g/mol. The lowest BCUT2D eigenvalue weighted by Crippen LogP contribution is -2.35. The summed E-state index contributed by atoms with van der Waals surface area (Å²) in [4.78, 5) is 10.2. The summed E-state index contributed by atoms with van der Waals surface area (Å²) in [6.07, 6.45) is -11.2. The largest absolute Gasteiger partial charge is 0.440 e. The van der Waals surface area contributed by atoms with E-state index < -0.39 is 31.6 Å². The van der Waals surface area contributed by atoms with Crippen LogP contribution in [0.1, 0.15) is 0 Å². The number of carbonyl (C=O) groups is 1. The Hall–Kier alpha value is -1.15. The number of carbonyl (C=O) groups excluding carboxylic acids is 1. The lowest BCUT2D eigenvalue weighted by Gasteiger charge is -2.10. The van der Waals surface area contributed by atoms with Gasteiger partial charge in [-0.05, 0) is 0 Å². The van der Waals surface area contributed by atoms with Crippen molar-refractivity contribution in [3.8, 4) is 0 Å². The fourth-order valence-corrected chi connectivity index (χ4v) is 0.371. The normalized spacial score (nSPS) is 12.4.